The molecule has 0 radical (unpaired) electrons. The Morgan fingerprint density at radius 1 is 1.19 bits per heavy atom. The Balaban J connectivity index is 1.73. The highest BCUT2D eigenvalue weighted by atomic mass is 16.5. The van der Waals surface area contributed by atoms with Gasteiger partial charge in [-0.25, -0.2) is 4.79 Å². The predicted octanol–water partition coefficient (Wildman–Crippen LogP) is 3.70. The Labute approximate surface area is 220 Å². The van der Waals surface area contributed by atoms with E-state index in [9.17, 15) is 24.9 Å². The maximum absolute atomic E-state index is 14.1. The van der Waals surface area contributed by atoms with Gasteiger partial charge in [-0.2, -0.15) is 0 Å². The summed E-state index contributed by atoms with van der Waals surface area (Å²) in [6.07, 6.45) is 7.54. The quantitative estimate of drug-likeness (QED) is 0.379. The number of carbonyl (C=O) groups excluding carboxylic acids is 2. The number of ether oxygens (including phenoxy) is 2. The fourth-order valence-electron chi connectivity index (χ4n) is 10.4. The minimum atomic E-state index is -1.32. The summed E-state index contributed by atoms with van der Waals surface area (Å²) in [5.74, 6) is -1.44. The molecule has 3 saturated carbocycles. The van der Waals surface area contributed by atoms with Crippen molar-refractivity contribution in [3.8, 4) is 0 Å². The molecule has 0 unspecified atom stereocenters. The summed E-state index contributed by atoms with van der Waals surface area (Å²) in [5.41, 5.74) is -4.09. The summed E-state index contributed by atoms with van der Waals surface area (Å²) in [6, 6.07) is 0. The Bertz CT molecular complexity index is 1060. The fraction of sp³-hybridized carbons (Fsp3) is 0.800. The molecule has 1 aliphatic heterocycles. The zero-order valence-electron chi connectivity index (χ0n) is 23.2. The van der Waals surface area contributed by atoms with Crippen LogP contribution in [0.4, 0.5) is 0 Å². The lowest BCUT2D eigenvalue weighted by molar-refractivity contribution is -0.318. The average Bonchev–Trinajstić information content (AvgIpc) is 3.00. The molecule has 0 spiro atoms. The molecule has 0 aromatic heterocycles. The molecule has 206 valence electrons. The maximum atomic E-state index is 14.1. The van der Waals surface area contributed by atoms with E-state index in [-0.39, 0.29) is 24.9 Å². The number of hydrogen-bond acceptors (Lipinski definition) is 7. The summed E-state index contributed by atoms with van der Waals surface area (Å²) in [6.45, 7) is 10.1. The zero-order valence-corrected chi connectivity index (χ0v) is 23.2. The van der Waals surface area contributed by atoms with E-state index < -0.39 is 56.8 Å². The van der Waals surface area contributed by atoms with Crippen molar-refractivity contribution in [3.05, 3.63) is 23.8 Å². The molecule has 37 heavy (non-hydrogen) atoms. The molecule has 1 heterocycles. The van der Waals surface area contributed by atoms with E-state index in [1.807, 2.05) is 13.0 Å². The van der Waals surface area contributed by atoms with Gasteiger partial charge >= 0.3 is 11.9 Å². The highest BCUT2D eigenvalue weighted by Gasteiger charge is 2.80. The van der Waals surface area contributed by atoms with Crippen LogP contribution in [0, 0.1) is 38.9 Å². The normalized spacial score (nSPS) is 51.8. The van der Waals surface area contributed by atoms with Gasteiger partial charge in [-0.05, 0) is 81.5 Å². The molecular weight excluding hydrogens is 472 g/mol. The van der Waals surface area contributed by atoms with Crippen LogP contribution in [0.15, 0.2) is 23.8 Å². The molecule has 5 rings (SSSR count). The van der Waals surface area contributed by atoms with E-state index in [0.717, 1.165) is 12.0 Å². The monoisotopic (exact) mass is 516 g/mol. The molecule has 0 aromatic rings. The van der Waals surface area contributed by atoms with Gasteiger partial charge in [-0.3, -0.25) is 4.79 Å². The highest BCUT2D eigenvalue weighted by Crippen LogP contribution is 2.78. The van der Waals surface area contributed by atoms with Gasteiger partial charge in [0, 0.05) is 16.9 Å². The van der Waals surface area contributed by atoms with Gasteiger partial charge in [0.05, 0.1) is 24.9 Å². The van der Waals surface area contributed by atoms with Crippen LogP contribution in [0.5, 0.6) is 0 Å². The lowest BCUT2D eigenvalue weighted by Crippen LogP contribution is -2.78. The maximum Gasteiger partial charge on any atom is 0.330 e. The van der Waals surface area contributed by atoms with E-state index in [1.54, 1.807) is 6.92 Å². The first kappa shape index (κ1) is 26.9. The van der Waals surface area contributed by atoms with Crippen molar-refractivity contribution < 1.29 is 34.4 Å². The summed E-state index contributed by atoms with van der Waals surface area (Å²) >= 11 is 0. The van der Waals surface area contributed by atoms with Crippen molar-refractivity contribution >= 4 is 11.9 Å². The number of methoxy groups -OCH3 is 1. The Hall–Kier alpha value is -1.70. The van der Waals surface area contributed by atoms with Crippen LogP contribution in [0.3, 0.4) is 0 Å². The Kier molecular flexibility index (Phi) is 5.93. The summed E-state index contributed by atoms with van der Waals surface area (Å²) < 4.78 is 11.0. The van der Waals surface area contributed by atoms with Crippen molar-refractivity contribution in [2.75, 3.05) is 13.7 Å². The topological polar surface area (TPSA) is 113 Å². The Morgan fingerprint density at radius 2 is 1.89 bits per heavy atom. The fourth-order valence-corrected chi connectivity index (χ4v) is 10.4. The van der Waals surface area contributed by atoms with E-state index in [4.69, 9.17) is 9.47 Å². The number of esters is 2. The van der Waals surface area contributed by atoms with E-state index in [0.29, 0.717) is 32.1 Å². The van der Waals surface area contributed by atoms with Crippen molar-refractivity contribution in [2.45, 2.75) is 97.4 Å². The molecule has 3 fully saturated rings. The number of aliphatic hydroxyl groups is 3. The van der Waals surface area contributed by atoms with Crippen LogP contribution < -0.4 is 0 Å². The Morgan fingerprint density at radius 3 is 2.54 bits per heavy atom. The third kappa shape index (κ3) is 3.05. The number of hydrogen-bond donors (Lipinski definition) is 3. The van der Waals surface area contributed by atoms with Crippen molar-refractivity contribution in [2.24, 2.45) is 38.9 Å². The third-order valence-corrected chi connectivity index (χ3v) is 12.3. The van der Waals surface area contributed by atoms with Crippen LogP contribution in [0.2, 0.25) is 0 Å². The zero-order chi connectivity index (χ0) is 27.2. The van der Waals surface area contributed by atoms with E-state index in [2.05, 4.69) is 26.8 Å². The predicted molar refractivity (Wildman–Crippen MR) is 137 cm³/mol. The third-order valence-electron chi connectivity index (χ3n) is 12.3. The summed E-state index contributed by atoms with van der Waals surface area (Å²) in [4.78, 5) is 26.4. The molecule has 0 saturated heterocycles. The summed E-state index contributed by atoms with van der Waals surface area (Å²) in [7, 11) is 1.40. The number of cyclic esters (lactones) is 1. The average molecular weight is 517 g/mol. The molecule has 5 aliphatic rings. The summed E-state index contributed by atoms with van der Waals surface area (Å²) in [5, 5.41) is 35.9. The smallest absolute Gasteiger partial charge is 0.330 e. The minimum Gasteiger partial charge on any atom is -0.468 e. The molecule has 7 nitrogen and oxygen atoms in total. The van der Waals surface area contributed by atoms with Crippen molar-refractivity contribution in [1.82, 2.24) is 0 Å². The van der Waals surface area contributed by atoms with Crippen LogP contribution in [-0.2, 0) is 19.1 Å². The molecule has 0 bridgehead atoms. The number of aliphatic hydroxyl groups excluding tert-OH is 2. The number of rotatable bonds is 2. The lowest BCUT2D eigenvalue weighted by Gasteiger charge is -2.75. The minimum absolute atomic E-state index is 0.0331. The van der Waals surface area contributed by atoms with Crippen LogP contribution in [0.25, 0.3) is 0 Å². The number of carbonyl (C=O) groups is 2. The second kappa shape index (κ2) is 8.15. The van der Waals surface area contributed by atoms with Gasteiger partial charge in [0.25, 0.3) is 0 Å². The van der Waals surface area contributed by atoms with Crippen molar-refractivity contribution in [1.29, 1.82) is 0 Å². The van der Waals surface area contributed by atoms with E-state index >= 15 is 0 Å². The molecule has 0 aromatic carbocycles. The molecule has 4 aliphatic carbocycles. The van der Waals surface area contributed by atoms with Gasteiger partial charge in [-0.15, -0.1) is 0 Å². The molecule has 7 heteroatoms. The first-order chi connectivity index (χ1) is 17.2. The van der Waals surface area contributed by atoms with Gasteiger partial charge in [0.15, 0.2) is 0 Å². The molecule has 0 amide bonds. The van der Waals surface area contributed by atoms with Gasteiger partial charge in [-0.1, -0.05) is 38.5 Å². The molecular formula is C30H44O7. The van der Waals surface area contributed by atoms with E-state index in [1.165, 1.54) is 13.2 Å². The first-order valence-corrected chi connectivity index (χ1v) is 13.8. The second-order valence-corrected chi connectivity index (χ2v) is 13.8. The SMILES string of the molecule is COC(=O)[C@@]12CC[C@@]3(C)[C@@H]4C=CC(=O)OC[C@]4([C@@H](C)O)C[C@@H](O)[C@@H]3[C@@]1(C)CC[C@@]1(C)CC=C(C)C[C@]12O. The number of fused-ring (bicyclic) bond motifs is 7. The second-order valence-electron chi connectivity index (χ2n) is 13.8. The van der Waals surface area contributed by atoms with Crippen LogP contribution in [-0.4, -0.2) is 58.8 Å². The van der Waals surface area contributed by atoms with Crippen molar-refractivity contribution in [3.63, 3.8) is 0 Å². The van der Waals surface area contributed by atoms with Gasteiger partial charge in [0.2, 0.25) is 0 Å². The van der Waals surface area contributed by atoms with Crippen LogP contribution >= 0.6 is 0 Å². The number of allylic oxidation sites excluding steroid dienone is 2. The molecule has 10 atom stereocenters. The van der Waals surface area contributed by atoms with Crippen LogP contribution in [0.1, 0.15) is 79.6 Å². The lowest BCUT2D eigenvalue weighted by atomic mass is 9.29. The largest absolute Gasteiger partial charge is 0.468 e. The molecule has 3 N–H and O–H groups in total. The highest BCUT2D eigenvalue weighted by molar-refractivity contribution is 5.82. The van der Waals surface area contributed by atoms with Gasteiger partial charge < -0.3 is 24.8 Å². The standard InChI is InChI=1S/C30H44O7/c1-18-9-10-25(3)11-13-27(5)23-20(32)16-28(19(2)31)17-37-22(33)8-7-21(28)26(23,4)12-14-29(27,24(34)36-6)30(25,35)15-18/h7-9,19-21,23,31-32,35H,10-17H2,1-6H3/t19-,20-,21+,23+,25-,26+,27-,28+,29+,30+/m1/s1. The van der Waals surface area contributed by atoms with Gasteiger partial charge in [0.1, 0.15) is 12.0 Å². The first-order valence-electron chi connectivity index (χ1n) is 13.8.